The minimum absolute atomic E-state index is 0.141. The van der Waals surface area contributed by atoms with Gasteiger partial charge in [0, 0.05) is 18.5 Å². The zero-order chi connectivity index (χ0) is 14.4. The number of hydrogen-bond donors (Lipinski definition) is 3. The molecule has 1 aliphatic rings. The number of phenols is 1. The van der Waals surface area contributed by atoms with Crippen LogP contribution in [0, 0.1) is 0 Å². The standard InChI is InChI=1S/C16H24N2O2/c1-12(4-5-13-6-8-15(19)9-7-13)18-16(20)11-14-3-2-10-17-14/h6-9,12,14,17,19H,2-5,10-11H2,1H3,(H,18,20). The van der Waals surface area contributed by atoms with E-state index >= 15 is 0 Å². The van der Waals surface area contributed by atoms with Crippen LogP contribution in [-0.2, 0) is 11.2 Å². The van der Waals surface area contributed by atoms with E-state index in [1.165, 1.54) is 12.0 Å². The van der Waals surface area contributed by atoms with E-state index in [9.17, 15) is 9.90 Å². The predicted octanol–water partition coefficient (Wildman–Crippen LogP) is 1.97. The summed E-state index contributed by atoms with van der Waals surface area (Å²) in [5.74, 6) is 0.432. The van der Waals surface area contributed by atoms with E-state index < -0.39 is 0 Å². The van der Waals surface area contributed by atoms with Crippen molar-refractivity contribution in [3.63, 3.8) is 0 Å². The largest absolute Gasteiger partial charge is 0.508 e. The SMILES string of the molecule is CC(CCc1ccc(O)cc1)NC(=O)CC1CCCN1. The molecule has 1 aliphatic heterocycles. The van der Waals surface area contributed by atoms with Gasteiger partial charge in [-0.15, -0.1) is 0 Å². The van der Waals surface area contributed by atoms with E-state index in [-0.39, 0.29) is 11.9 Å². The molecule has 0 aliphatic carbocycles. The molecule has 1 fully saturated rings. The zero-order valence-corrected chi connectivity index (χ0v) is 12.1. The molecular formula is C16H24N2O2. The van der Waals surface area contributed by atoms with Crippen molar-refractivity contribution in [3.8, 4) is 5.75 Å². The second kappa shape index (κ2) is 7.29. The first-order valence-electron chi connectivity index (χ1n) is 7.44. The molecule has 2 unspecified atom stereocenters. The van der Waals surface area contributed by atoms with Crippen LogP contribution in [0.2, 0.25) is 0 Å². The third-order valence-corrected chi connectivity index (χ3v) is 3.80. The third kappa shape index (κ3) is 4.85. The van der Waals surface area contributed by atoms with Crippen molar-refractivity contribution in [2.45, 2.75) is 51.1 Å². The van der Waals surface area contributed by atoms with Crippen LogP contribution in [0.15, 0.2) is 24.3 Å². The number of benzene rings is 1. The number of carbonyl (C=O) groups is 1. The Balaban J connectivity index is 1.67. The van der Waals surface area contributed by atoms with E-state index in [4.69, 9.17) is 0 Å². The molecule has 1 amide bonds. The Morgan fingerprint density at radius 1 is 1.45 bits per heavy atom. The summed E-state index contributed by atoms with van der Waals surface area (Å²) in [5.41, 5.74) is 1.18. The Morgan fingerprint density at radius 3 is 2.85 bits per heavy atom. The summed E-state index contributed by atoms with van der Waals surface area (Å²) in [6.07, 6.45) is 4.69. The maximum atomic E-state index is 11.9. The molecule has 0 aromatic heterocycles. The maximum Gasteiger partial charge on any atom is 0.221 e. The molecule has 0 spiro atoms. The molecule has 3 N–H and O–H groups in total. The van der Waals surface area contributed by atoms with Gasteiger partial charge in [0.1, 0.15) is 5.75 Å². The summed E-state index contributed by atoms with van der Waals surface area (Å²) in [7, 11) is 0. The minimum Gasteiger partial charge on any atom is -0.508 e. The van der Waals surface area contributed by atoms with Crippen molar-refractivity contribution in [1.29, 1.82) is 0 Å². The van der Waals surface area contributed by atoms with Gasteiger partial charge in [-0.25, -0.2) is 0 Å². The monoisotopic (exact) mass is 276 g/mol. The van der Waals surface area contributed by atoms with Gasteiger partial charge < -0.3 is 15.7 Å². The van der Waals surface area contributed by atoms with Gasteiger partial charge in [0.15, 0.2) is 0 Å². The average Bonchev–Trinajstić information content (AvgIpc) is 2.90. The van der Waals surface area contributed by atoms with Crippen molar-refractivity contribution < 1.29 is 9.90 Å². The quantitative estimate of drug-likeness (QED) is 0.744. The Hall–Kier alpha value is -1.55. The van der Waals surface area contributed by atoms with Gasteiger partial charge in [0.05, 0.1) is 0 Å². The lowest BCUT2D eigenvalue weighted by molar-refractivity contribution is -0.122. The van der Waals surface area contributed by atoms with Crippen LogP contribution in [-0.4, -0.2) is 29.6 Å². The first-order chi connectivity index (χ1) is 9.63. The molecule has 1 aromatic carbocycles. The molecule has 1 heterocycles. The predicted molar refractivity (Wildman–Crippen MR) is 79.7 cm³/mol. The first-order valence-corrected chi connectivity index (χ1v) is 7.44. The van der Waals surface area contributed by atoms with E-state index in [0.717, 1.165) is 25.8 Å². The highest BCUT2D eigenvalue weighted by atomic mass is 16.3. The summed E-state index contributed by atoms with van der Waals surface area (Å²) in [6, 6.07) is 7.78. The molecule has 4 nitrogen and oxygen atoms in total. The molecular weight excluding hydrogens is 252 g/mol. The van der Waals surface area contributed by atoms with Crippen LogP contribution in [0.3, 0.4) is 0 Å². The summed E-state index contributed by atoms with van der Waals surface area (Å²) in [6.45, 7) is 3.08. The Labute approximate surface area is 120 Å². The number of hydrogen-bond acceptors (Lipinski definition) is 3. The third-order valence-electron chi connectivity index (χ3n) is 3.80. The van der Waals surface area contributed by atoms with Crippen LogP contribution in [0.1, 0.15) is 38.2 Å². The average molecular weight is 276 g/mol. The number of rotatable bonds is 6. The summed E-state index contributed by atoms with van der Waals surface area (Å²) >= 11 is 0. The van der Waals surface area contributed by atoms with E-state index in [1.807, 2.05) is 19.1 Å². The Kier molecular flexibility index (Phi) is 5.41. The lowest BCUT2D eigenvalue weighted by Crippen LogP contribution is -2.37. The Bertz CT molecular complexity index is 425. The molecule has 2 atom stereocenters. The van der Waals surface area contributed by atoms with Crippen LogP contribution in [0.4, 0.5) is 0 Å². The van der Waals surface area contributed by atoms with Crippen LogP contribution >= 0.6 is 0 Å². The number of phenolic OH excluding ortho intramolecular Hbond substituents is 1. The van der Waals surface area contributed by atoms with E-state index in [1.54, 1.807) is 12.1 Å². The van der Waals surface area contributed by atoms with Crippen LogP contribution in [0.25, 0.3) is 0 Å². The fraction of sp³-hybridized carbons (Fsp3) is 0.562. The van der Waals surface area contributed by atoms with Crippen LogP contribution < -0.4 is 10.6 Å². The molecule has 0 saturated carbocycles. The van der Waals surface area contributed by atoms with Crippen molar-refractivity contribution in [2.75, 3.05) is 6.54 Å². The fourth-order valence-electron chi connectivity index (χ4n) is 2.61. The van der Waals surface area contributed by atoms with Gasteiger partial charge in [0.2, 0.25) is 5.91 Å². The van der Waals surface area contributed by atoms with Gasteiger partial charge in [-0.1, -0.05) is 12.1 Å². The van der Waals surface area contributed by atoms with Gasteiger partial charge in [0.25, 0.3) is 0 Å². The van der Waals surface area contributed by atoms with Crippen LogP contribution in [0.5, 0.6) is 5.75 Å². The highest BCUT2D eigenvalue weighted by molar-refractivity contribution is 5.76. The van der Waals surface area contributed by atoms with Crippen molar-refractivity contribution in [1.82, 2.24) is 10.6 Å². The number of carbonyl (C=O) groups excluding carboxylic acids is 1. The smallest absolute Gasteiger partial charge is 0.221 e. The number of aromatic hydroxyl groups is 1. The molecule has 0 bridgehead atoms. The summed E-state index contributed by atoms with van der Waals surface area (Å²) in [5, 5.41) is 15.6. The maximum absolute atomic E-state index is 11.9. The van der Waals surface area contributed by atoms with Gasteiger partial charge in [-0.05, 0) is 56.8 Å². The van der Waals surface area contributed by atoms with Gasteiger partial charge in [-0.3, -0.25) is 4.79 Å². The molecule has 110 valence electrons. The highest BCUT2D eigenvalue weighted by Crippen LogP contribution is 2.12. The molecule has 1 aromatic rings. The normalized spacial score (nSPS) is 19.8. The van der Waals surface area contributed by atoms with Crippen molar-refractivity contribution in [2.24, 2.45) is 0 Å². The lowest BCUT2D eigenvalue weighted by atomic mass is 10.1. The first kappa shape index (κ1) is 14.9. The van der Waals surface area contributed by atoms with Crippen molar-refractivity contribution in [3.05, 3.63) is 29.8 Å². The molecule has 2 rings (SSSR count). The molecule has 20 heavy (non-hydrogen) atoms. The summed E-state index contributed by atoms with van der Waals surface area (Å²) in [4.78, 5) is 11.9. The minimum atomic E-state index is 0.141. The number of nitrogens with one attached hydrogen (secondary N) is 2. The number of amides is 1. The highest BCUT2D eigenvalue weighted by Gasteiger charge is 2.18. The zero-order valence-electron chi connectivity index (χ0n) is 12.1. The molecule has 1 saturated heterocycles. The van der Waals surface area contributed by atoms with Gasteiger partial charge >= 0.3 is 0 Å². The second-order valence-corrected chi connectivity index (χ2v) is 5.67. The lowest BCUT2D eigenvalue weighted by Gasteiger charge is -2.16. The van der Waals surface area contributed by atoms with E-state index in [2.05, 4.69) is 10.6 Å². The van der Waals surface area contributed by atoms with Gasteiger partial charge in [-0.2, -0.15) is 0 Å². The summed E-state index contributed by atoms with van der Waals surface area (Å²) < 4.78 is 0. The topological polar surface area (TPSA) is 61.4 Å². The fourth-order valence-corrected chi connectivity index (χ4v) is 2.61. The molecule has 0 radical (unpaired) electrons. The number of aryl methyl sites for hydroxylation is 1. The Morgan fingerprint density at radius 2 is 2.20 bits per heavy atom. The van der Waals surface area contributed by atoms with Crippen molar-refractivity contribution >= 4 is 5.91 Å². The second-order valence-electron chi connectivity index (χ2n) is 5.67. The molecule has 4 heteroatoms. The van der Waals surface area contributed by atoms with E-state index in [0.29, 0.717) is 18.2 Å².